The first-order chi connectivity index (χ1) is 18.7. The number of halogens is 3. The van der Waals surface area contributed by atoms with Crippen molar-refractivity contribution in [2.45, 2.75) is 43.5 Å². The van der Waals surface area contributed by atoms with Gasteiger partial charge in [-0.15, -0.1) is 13.2 Å². The molecule has 204 valence electrons. The lowest BCUT2D eigenvalue weighted by Crippen LogP contribution is -2.51. The van der Waals surface area contributed by atoms with E-state index in [1.165, 1.54) is 18.2 Å². The Morgan fingerprint density at radius 3 is 2.33 bits per heavy atom. The number of likely N-dealkylation sites (tertiary alicyclic amines) is 1. The number of piperidine rings is 1. The van der Waals surface area contributed by atoms with Crippen LogP contribution >= 0.6 is 0 Å². The molecule has 3 aromatic rings. The maximum atomic E-state index is 13.6. The Kier molecular flexibility index (Phi) is 7.50. The first-order valence-corrected chi connectivity index (χ1v) is 12.9. The molecule has 9 heteroatoms. The highest BCUT2D eigenvalue weighted by Gasteiger charge is 2.36. The first-order valence-electron chi connectivity index (χ1n) is 12.9. The predicted molar refractivity (Wildman–Crippen MR) is 139 cm³/mol. The summed E-state index contributed by atoms with van der Waals surface area (Å²) >= 11 is 0. The van der Waals surface area contributed by atoms with E-state index in [1.807, 2.05) is 42.5 Å². The van der Waals surface area contributed by atoms with Crippen LogP contribution in [-0.4, -0.2) is 49.3 Å². The molecule has 0 aromatic heterocycles. The number of hydrogen-bond donors (Lipinski definition) is 1. The number of rotatable bonds is 7. The number of carbonyl (C=O) groups excluding carboxylic acids is 2. The van der Waals surface area contributed by atoms with E-state index in [2.05, 4.69) is 10.1 Å². The summed E-state index contributed by atoms with van der Waals surface area (Å²) in [6.45, 7) is 0.734. The molecule has 2 atom stereocenters. The highest BCUT2D eigenvalue weighted by Crippen LogP contribution is 2.44. The molecule has 1 N–H and O–H groups in total. The van der Waals surface area contributed by atoms with Crippen LogP contribution in [0.25, 0.3) is 0 Å². The van der Waals surface area contributed by atoms with Gasteiger partial charge in [0.05, 0.1) is 12.7 Å². The van der Waals surface area contributed by atoms with Gasteiger partial charge < -0.3 is 19.7 Å². The van der Waals surface area contributed by atoms with Crippen molar-refractivity contribution in [1.29, 1.82) is 0 Å². The quantitative estimate of drug-likeness (QED) is 0.407. The standard InChI is InChI=1S/C30H29F3N2O4/c1-38-26-14-13-21(17-23(26)20-11-12-20)29(37)35-16-15-25(24(18-35)19-7-3-2-4-8-19)34-28(36)22-9-5-6-10-27(22)39-30(31,32)33/h2-10,13-14,17,20,24-25H,11-12,15-16,18H2,1H3,(H,34,36)/t24-,25-/m1/s1. The molecule has 1 aliphatic heterocycles. The van der Waals surface area contributed by atoms with Gasteiger partial charge in [-0.3, -0.25) is 9.59 Å². The Bertz CT molecular complexity index is 1340. The van der Waals surface area contributed by atoms with Gasteiger partial charge in [0.15, 0.2) is 0 Å². The molecule has 1 aliphatic carbocycles. The number of ether oxygens (including phenoxy) is 2. The highest BCUT2D eigenvalue weighted by molar-refractivity contribution is 5.97. The third-order valence-electron chi connectivity index (χ3n) is 7.30. The predicted octanol–water partition coefficient (Wildman–Crippen LogP) is 5.90. The number of nitrogens with one attached hydrogen (secondary N) is 1. The third kappa shape index (κ3) is 6.19. The average molecular weight is 539 g/mol. The van der Waals surface area contributed by atoms with Crippen molar-refractivity contribution in [2.24, 2.45) is 0 Å². The number of benzene rings is 3. The van der Waals surface area contributed by atoms with Crippen molar-refractivity contribution >= 4 is 11.8 Å². The Morgan fingerprint density at radius 1 is 0.923 bits per heavy atom. The van der Waals surface area contributed by atoms with Crippen molar-refractivity contribution in [3.63, 3.8) is 0 Å². The molecule has 1 heterocycles. The van der Waals surface area contributed by atoms with Crippen molar-refractivity contribution in [1.82, 2.24) is 10.2 Å². The number of carbonyl (C=O) groups is 2. The zero-order valence-corrected chi connectivity index (χ0v) is 21.4. The molecule has 3 aromatic carbocycles. The summed E-state index contributed by atoms with van der Waals surface area (Å²) in [6, 6.07) is 19.9. The van der Waals surface area contributed by atoms with E-state index in [0.717, 1.165) is 35.8 Å². The smallest absolute Gasteiger partial charge is 0.496 e. The van der Waals surface area contributed by atoms with Crippen LogP contribution in [0.5, 0.6) is 11.5 Å². The molecular weight excluding hydrogens is 509 g/mol. The molecule has 2 fully saturated rings. The number of nitrogens with zero attached hydrogens (tertiary/aromatic N) is 1. The fourth-order valence-corrected chi connectivity index (χ4v) is 5.22. The number of alkyl halides is 3. The second-order valence-electron chi connectivity index (χ2n) is 9.91. The van der Waals surface area contributed by atoms with Gasteiger partial charge in [-0.1, -0.05) is 42.5 Å². The summed E-state index contributed by atoms with van der Waals surface area (Å²) in [5.74, 6) is -0.386. The summed E-state index contributed by atoms with van der Waals surface area (Å²) in [4.78, 5) is 28.5. The van der Waals surface area contributed by atoms with E-state index in [1.54, 1.807) is 18.1 Å². The topological polar surface area (TPSA) is 67.9 Å². The molecule has 1 saturated heterocycles. The van der Waals surface area contributed by atoms with Crippen molar-refractivity contribution in [3.8, 4) is 11.5 Å². The SMILES string of the molecule is COc1ccc(C(=O)N2CC[C@@H](NC(=O)c3ccccc3OC(F)(F)F)[C@@H](c3ccccc3)C2)cc1C1CC1. The van der Waals surface area contributed by atoms with Crippen molar-refractivity contribution in [2.75, 3.05) is 20.2 Å². The molecule has 39 heavy (non-hydrogen) atoms. The van der Waals surface area contributed by atoms with Crippen molar-refractivity contribution in [3.05, 3.63) is 95.1 Å². The van der Waals surface area contributed by atoms with Crippen LogP contribution < -0.4 is 14.8 Å². The molecule has 6 nitrogen and oxygen atoms in total. The lowest BCUT2D eigenvalue weighted by Gasteiger charge is -2.39. The maximum absolute atomic E-state index is 13.6. The zero-order chi connectivity index (χ0) is 27.6. The summed E-state index contributed by atoms with van der Waals surface area (Å²) in [7, 11) is 1.62. The van der Waals surface area contributed by atoms with Gasteiger partial charge in [0.25, 0.3) is 11.8 Å². The van der Waals surface area contributed by atoms with E-state index in [4.69, 9.17) is 4.74 Å². The Labute approximate surface area is 224 Å². The van der Waals surface area contributed by atoms with Crippen LogP contribution in [0.1, 0.15) is 62.9 Å². The van der Waals surface area contributed by atoms with Crippen LogP contribution in [0, 0.1) is 0 Å². The monoisotopic (exact) mass is 538 g/mol. The van der Waals surface area contributed by atoms with Gasteiger partial charge in [-0.25, -0.2) is 0 Å². The number of amides is 2. The van der Waals surface area contributed by atoms with E-state index < -0.39 is 24.1 Å². The summed E-state index contributed by atoms with van der Waals surface area (Å²) in [5.41, 5.74) is 2.36. The van der Waals surface area contributed by atoms with Crippen LogP contribution in [0.4, 0.5) is 13.2 Å². The minimum atomic E-state index is -4.92. The van der Waals surface area contributed by atoms with Gasteiger partial charge >= 0.3 is 6.36 Å². The molecule has 0 radical (unpaired) electrons. The lowest BCUT2D eigenvalue weighted by atomic mass is 9.85. The van der Waals surface area contributed by atoms with E-state index in [-0.39, 0.29) is 17.4 Å². The van der Waals surface area contributed by atoms with Gasteiger partial charge in [0.1, 0.15) is 11.5 Å². The van der Waals surface area contributed by atoms with Gasteiger partial charge in [-0.05, 0) is 66.6 Å². The van der Waals surface area contributed by atoms with Crippen LogP contribution in [0.15, 0.2) is 72.8 Å². The number of para-hydroxylation sites is 1. The number of hydrogen-bond acceptors (Lipinski definition) is 4. The van der Waals surface area contributed by atoms with Crippen LogP contribution in [0.2, 0.25) is 0 Å². The van der Waals surface area contributed by atoms with Crippen LogP contribution in [0.3, 0.4) is 0 Å². The minimum absolute atomic E-state index is 0.103. The van der Waals surface area contributed by atoms with Gasteiger partial charge in [0, 0.05) is 30.6 Å². The Balaban J connectivity index is 1.37. The van der Waals surface area contributed by atoms with Gasteiger partial charge in [0.2, 0.25) is 0 Å². The largest absolute Gasteiger partial charge is 0.573 e. The molecule has 0 unspecified atom stereocenters. The summed E-state index contributed by atoms with van der Waals surface area (Å²) in [5, 5.41) is 2.92. The average Bonchev–Trinajstić information content (AvgIpc) is 3.78. The normalized spacial score (nSPS) is 19.3. The lowest BCUT2D eigenvalue weighted by molar-refractivity contribution is -0.274. The fourth-order valence-electron chi connectivity index (χ4n) is 5.22. The molecule has 2 amide bonds. The van der Waals surface area contributed by atoms with Crippen LogP contribution in [-0.2, 0) is 0 Å². The number of methoxy groups -OCH3 is 1. The third-order valence-corrected chi connectivity index (χ3v) is 7.30. The first kappa shape index (κ1) is 26.6. The fraction of sp³-hybridized carbons (Fsp3) is 0.333. The van der Waals surface area contributed by atoms with Gasteiger partial charge in [-0.2, -0.15) is 0 Å². The second kappa shape index (κ2) is 11.0. The molecule has 0 bridgehead atoms. The second-order valence-corrected chi connectivity index (χ2v) is 9.91. The molecular formula is C30H29F3N2O4. The Morgan fingerprint density at radius 2 is 1.64 bits per heavy atom. The molecule has 2 aliphatic rings. The summed E-state index contributed by atoms with van der Waals surface area (Å²) < 4.78 is 48.3. The van der Waals surface area contributed by atoms with Crippen molar-refractivity contribution < 1.29 is 32.2 Å². The Hall–Kier alpha value is -4.01. The highest BCUT2D eigenvalue weighted by atomic mass is 19.4. The zero-order valence-electron chi connectivity index (χ0n) is 21.4. The minimum Gasteiger partial charge on any atom is -0.496 e. The molecule has 1 saturated carbocycles. The molecule has 5 rings (SSSR count). The maximum Gasteiger partial charge on any atom is 0.573 e. The van der Waals surface area contributed by atoms with E-state index >= 15 is 0 Å². The van der Waals surface area contributed by atoms with E-state index in [9.17, 15) is 22.8 Å². The van der Waals surface area contributed by atoms with E-state index in [0.29, 0.717) is 31.0 Å². The molecule has 0 spiro atoms. The summed E-state index contributed by atoms with van der Waals surface area (Å²) in [6.07, 6.45) is -2.33.